The fourth-order valence-electron chi connectivity index (χ4n) is 1.32. The molecule has 92 valence electrons. The Labute approximate surface area is 99.5 Å². The lowest BCUT2D eigenvalue weighted by molar-refractivity contribution is 0.288. The molecule has 0 aliphatic carbocycles. The number of hydrogen-bond acceptors (Lipinski definition) is 2. The third-order valence-corrected chi connectivity index (χ3v) is 2.27. The molecule has 0 saturated carbocycles. The van der Waals surface area contributed by atoms with Crippen LogP contribution in [-0.2, 0) is 6.42 Å². The zero-order valence-electron chi connectivity index (χ0n) is 10.4. The highest BCUT2D eigenvalue weighted by atomic mass is 16.2. The van der Waals surface area contributed by atoms with Gasteiger partial charge in [0, 0.05) is 6.61 Å². The number of nitrogens with two attached hydrogens (primary N) is 1. The van der Waals surface area contributed by atoms with Crippen molar-refractivity contribution in [2.24, 2.45) is 5.73 Å². The van der Waals surface area contributed by atoms with E-state index in [9.17, 15) is 0 Å². The largest absolute Gasteiger partial charge is 0.396 e. The zero-order valence-corrected chi connectivity index (χ0v) is 10.4. The molecule has 0 aliphatic rings. The Morgan fingerprint density at radius 3 is 2.19 bits per heavy atom. The number of aryl methyl sites for hydroxylation is 1. The molecule has 1 rings (SSSR count). The van der Waals surface area contributed by atoms with Gasteiger partial charge in [0.1, 0.15) is 0 Å². The molecule has 1 aromatic carbocycles. The van der Waals surface area contributed by atoms with E-state index in [2.05, 4.69) is 19.1 Å². The molecule has 0 atom stereocenters. The molecule has 0 spiro atoms. The van der Waals surface area contributed by atoms with Crippen LogP contribution in [0.15, 0.2) is 30.3 Å². The van der Waals surface area contributed by atoms with Crippen molar-refractivity contribution < 1.29 is 5.11 Å². The number of hydrogen-bond donors (Lipinski definition) is 2. The van der Waals surface area contributed by atoms with Crippen LogP contribution in [0.1, 0.15) is 38.2 Å². The van der Waals surface area contributed by atoms with E-state index in [4.69, 9.17) is 10.8 Å². The summed E-state index contributed by atoms with van der Waals surface area (Å²) in [4.78, 5) is 0. The highest BCUT2D eigenvalue weighted by Crippen LogP contribution is 2.00. The first kappa shape index (κ1) is 15.1. The average Bonchev–Trinajstić information content (AvgIpc) is 2.36. The predicted octanol–water partition coefficient (Wildman–Crippen LogP) is 2.75. The van der Waals surface area contributed by atoms with Gasteiger partial charge in [-0.15, -0.1) is 0 Å². The molecule has 0 unspecified atom stereocenters. The number of benzene rings is 1. The van der Waals surface area contributed by atoms with E-state index in [1.165, 1.54) is 24.8 Å². The van der Waals surface area contributed by atoms with Gasteiger partial charge in [-0.25, -0.2) is 0 Å². The van der Waals surface area contributed by atoms with Crippen molar-refractivity contribution in [2.45, 2.75) is 39.0 Å². The van der Waals surface area contributed by atoms with Crippen LogP contribution < -0.4 is 5.73 Å². The maximum absolute atomic E-state index is 8.53. The molecule has 0 bridgehead atoms. The van der Waals surface area contributed by atoms with Gasteiger partial charge < -0.3 is 10.8 Å². The summed E-state index contributed by atoms with van der Waals surface area (Å²) in [6.45, 7) is 3.32. The van der Waals surface area contributed by atoms with E-state index in [0.717, 1.165) is 19.4 Å². The average molecular weight is 223 g/mol. The second-order valence-corrected chi connectivity index (χ2v) is 3.81. The van der Waals surface area contributed by atoms with Crippen molar-refractivity contribution in [1.82, 2.24) is 0 Å². The van der Waals surface area contributed by atoms with Gasteiger partial charge in [-0.1, -0.05) is 50.1 Å². The Balaban J connectivity index is 0.000000325. The second kappa shape index (κ2) is 12.2. The lowest BCUT2D eigenvalue weighted by Crippen LogP contribution is -1.96. The van der Waals surface area contributed by atoms with E-state index < -0.39 is 0 Å². The van der Waals surface area contributed by atoms with Gasteiger partial charge in [0.25, 0.3) is 0 Å². The molecule has 0 heterocycles. The summed E-state index contributed by atoms with van der Waals surface area (Å²) >= 11 is 0. The van der Waals surface area contributed by atoms with Crippen molar-refractivity contribution in [1.29, 1.82) is 0 Å². The highest BCUT2D eigenvalue weighted by Gasteiger charge is 1.88. The van der Waals surface area contributed by atoms with Crippen molar-refractivity contribution in [3.63, 3.8) is 0 Å². The smallest absolute Gasteiger partial charge is 0.0434 e. The summed E-state index contributed by atoms with van der Waals surface area (Å²) in [7, 11) is 0. The Morgan fingerprint density at radius 2 is 1.75 bits per heavy atom. The van der Waals surface area contributed by atoms with Crippen LogP contribution in [0.25, 0.3) is 0 Å². The van der Waals surface area contributed by atoms with Crippen molar-refractivity contribution in [3.05, 3.63) is 35.9 Å². The highest BCUT2D eigenvalue weighted by molar-refractivity contribution is 5.14. The van der Waals surface area contributed by atoms with Crippen molar-refractivity contribution >= 4 is 0 Å². The van der Waals surface area contributed by atoms with Crippen LogP contribution in [0, 0.1) is 0 Å². The lowest BCUT2D eigenvalue weighted by Gasteiger charge is -1.96. The van der Waals surface area contributed by atoms with Gasteiger partial charge in [-0.3, -0.25) is 0 Å². The number of aliphatic hydroxyl groups excluding tert-OH is 1. The Bertz CT molecular complexity index is 219. The third kappa shape index (κ3) is 9.69. The quantitative estimate of drug-likeness (QED) is 0.728. The Morgan fingerprint density at radius 1 is 1.06 bits per heavy atom. The fourth-order valence-corrected chi connectivity index (χ4v) is 1.32. The van der Waals surface area contributed by atoms with Crippen LogP contribution in [0.5, 0.6) is 0 Å². The van der Waals surface area contributed by atoms with E-state index in [1.807, 2.05) is 18.2 Å². The van der Waals surface area contributed by atoms with E-state index >= 15 is 0 Å². The summed E-state index contributed by atoms with van der Waals surface area (Å²) in [6, 6.07) is 10.2. The number of rotatable bonds is 6. The minimum atomic E-state index is 0.287. The van der Waals surface area contributed by atoms with Gasteiger partial charge in [0.15, 0.2) is 0 Å². The summed E-state index contributed by atoms with van der Waals surface area (Å²) < 4.78 is 0. The molecule has 1 aromatic rings. The molecule has 0 aliphatic heterocycles. The summed E-state index contributed by atoms with van der Waals surface area (Å²) in [6.07, 6.45) is 5.60. The lowest BCUT2D eigenvalue weighted by atomic mass is 10.1. The second-order valence-electron chi connectivity index (χ2n) is 3.81. The van der Waals surface area contributed by atoms with Gasteiger partial charge in [0.2, 0.25) is 0 Å². The molecular formula is C14H25NO. The van der Waals surface area contributed by atoms with Crippen LogP contribution in [0.4, 0.5) is 0 Å². The fraction of sp³-hybridized carbons (Fsp3) is 0.571. The topological polar surface area (TPSA) is 46.2 Å². The first-order chi connectivity index (χ1) is 7.85. The minimum Gasteiger partial charge on any atom is -0.396 e. The summed E-state index contributed by atoms with van der Waals surface area (Å²) in [5, 5.41) is 8.53. The predicted molar refractivity (Wildman–Crippen MR) is 70.4 cm³/mol. The molecule has 0 radical (unpaired) electrons. The molecule has 2 heteroatoms. The van der Waals surface area contributed by atoms with E-state index in [1.54, 1.807) is 0 Å². The molecule has 0 aromatic heterocycles. The van der Waals surface area contributed by atoms with E-state index in [0.29, 0.717) is 0 Å². The molecule has 16 heavy (non-hydrogen) atoms. The molecule has 0 saturated heterocycles. The molecule has 0 amide bonds. The Hall–Kier alpha value is -0.860. The SMILES string of the molecule is CCCCCN.OCCCc1ccccc1. The zero-order chi connectivity index (χ0) is 12.1. The first-order valence-electron chi connectivity index (χ1n) is 6.20. The number of aliphatic hydroxyl groups is 1. The maximum Gasteiger partial charge on any atom is 0.0434 e. The van der Waals surface area contributed by atoms with Crippen molar-refractivity contribution in [3.8, 4) is 0 Å². The summed E-state index contributed by atoms with van der Waals surface area (Å²) in [5.74, 6) is 0. The first-order valence-corrected chi connectivity index (χ1v) is 6.20. The minimum absolute atomic E-state index is 0.287. The Kier molecular flexibility index (Phi) is 11.6. The van der Waals surface area contributed by atoms with Gasteiger partial charge in [-0.2, -0.15) is 0 Å². The molecule has 2 nitrogen and oxygen atoms in total. The van der Waals surface area contributed by atoms with Gasteiger partial charge in [0.05, 0.1) is 0 Å². The van der Waals surface area contributed by atoms with Crippen LogP contribution in [0.3, 0.4) is 0 Å². The normalized spacial score (nSPS) is 9.44. The molecular weight excluding hydrogens is 198 g/mol. The van der Waals surface area contributed by atoms with Crippen LogP contribution in [0.2, 0.25) is 0 Å². The molecule has 0 fully saturated rings. The maximum atomic E-state index is 8.53. The van der Waals surface area contributed by atoms with Crippen molar-refractivity contribution in [2.75, 3.05) is 13.2 Å². The van der Waals surface area contributed by atoms with Crippen LogP contribution in [-0.4, -0.2) is 18.3 Å². The molecule has 3 N–H and O–H groups in total. The van der Waals surface area contributed by atoms with Gasteiger partial charge >= 0.3 is 0 Å². The summed E-state index contributed by atoms with van der Waals surface area (Å²) in [5.41, 5.74) is 6.52. The van der Waals surface area contributed by atoms with Gasteiger partial charge in [-0.05, 0) is 31.4 Å². The van der Waals surface area contributed by atoms with Crippen LogP contribution >= 0.6 is 0 Å². The van der Waals surface area contributed by atoms with E-state index in [-0.39, 0.29) is 6.61 Å². The number of unbranched alkanes of at least 4 members (excludes halogenated alkanes) is 2. The third-order valence-electron chi connectivity index (χ3n) is 2.27. The monoisotopic (exact) mass is 223 g/mol. The standard InChI is InChI=1S/C9H12O.C5H13N/c10-8-4-7-9-5-2-1-3-6-9;1-2-3-4-5-6/h1-3,5-6,10H,4,7-8H2;2-6H2,1H3.